The molecule has 5 nitrogen and oxygen atoms in total. The molecule has 1 aromatic heterocycles. The van der Waals surface area contributed by atoms with Crippen LogP contribution in [0.3, 0.4) is 0 Å². The van der Waals surface area contributed by atoms with Gasteiger partial charge in [-0.1, -0.05) is 0 Å². The van der Waals surface area contributed by atoms with Crippen molar-refractivity contribution in [3.8, 4) is 0 Å². The molecule has 0 fully saturated rings. The second-order valence-corrected chi connectivity index (χ2v) is 5.27. The molecule has 0 saturated carbocycles. The van der Waals surface area contributed by atoms with Crippen molar-refractivity contribution >= 4 is 23.2 Å². The molecule has 100 valence electrons. The Morgan fingerprint density at radius 1 is 1.50 bits per heavy atom. The van der Waals surface area contributed by atoms with Crippen molar-refractivity contribution in [2.75, 3.05) is 6.54 Å². The number of aliphatic carboxylic acids is 1. The number of rotatable bonds is 7. The topological polar surface area (TPSA) is 70.5 Å². The Labute approximate surface area is 110 Å². The van der Waals surface area contributed by atoms with Gasteiger partial charge in [-0.2, -0.15) is 0 Å². The number of aryl methyl sites for hydroxylation is 1. The largest absolute Gasteiger partial charge is 0.480 e. The number of amides is 1. The van der Waals surface area contributed by atoms with E-state index in [1.807, 2.05) is 19.2 Å². The lowest BCUT2D eigenvalue weighted by Gasteiger charge is -2.24. The van der Waals surface area contributed by atoms with Gasteiger partial charge in [-0.05, 0) is 26.7 Å². The predicted molar refractivity (Wildman–Crippen MR) is 69.5 cm³/mol. The highest BCUT2D eigenvalue weighted by Gasteiger charge is 2.19. The summed E-state index contributed by atoms with van der Waals surface area (Å²) in [4.78, 5) is 28.1. The van der Waals surface area contributed by atoms with Crippen LogP contribution in [0.1, 0.15) is 31.7 Å². The molecule has 1 aromatic rings. The Morgan fingerprint density at radius 3 is 2.72 bits per heavy atom. The molecule has 6 heteroatoms. The summed E-state index contributed by atoms with van der Waals surface area (Å²) < 4.78 is 0. The molecule has 0 aliphatic heterocycles. The van der Waals surface area contributed by atoms with E-state index >= 15 is 0 Å². The van der Waals surface area contributed by atoms with Gasteiger partial charge in [0.15, 0.2) is 0 Å². The third-order valence-corrected chi connectivity index (χ3v) is 3.35. The number of carbonyl (C=O) groups is 2. The maximum absolute atomic E-state index is 11.9. The van der Waals surface area contributed by atoms with E-state index in [0.717, 1.165) is 11.4 Å². The van der Waals surface area contributed by atoms with E-state index in [0.29, 0.717) is 12.8 Å². The first-order valence-corrected chi connectivity index (χ1v) is 6.78. The lowest BCUT2D eigenvalue weighted by atomic mass is 10.2. The number of carboxylic acids is 1. The van der Waals surface area contributed by atoms with Gasteiger partial charge in [-0.3, -0.25) is 9.59 Å². The molecule has 0 atom stereocenters. The molecular formula is C12H18N2O3S. The van der Waals surface area contributed by atoms with Crippen LogP contribution in [0.15, 0.2) is 11.6 Å². The lowest BCUT2D eigenvalue weighted by Crippen LogP contribution is -2.40. The van der Waals surface area contributed by atoms with Crippen LogP contribution < -0.4 is 0 Å². The molecule has 0 spiro atoms. The normalized spacial score (nSPS) is 10.6. The van der Waals surface area contributed by atoms with Gasteiger partial charge in [0.05, 0.1) is 5.01 Å². The van der Waals surface area contributed by atoms with Gasteiger partial charge in [0.1, 0.15) is 6.54 Å². The highest BCUT2D eigenvalue weighted by molar-refractivity contribution is 7.09. The van der Waals surface area contributed by atoms with E-state index in [2.05, 4.69) is 4.98 Å². The molecule has 1 rings (SSSR count). The number of hydrogen-bond donors (Lipinski definition) is 1. The van der Waals surface area contributed by atoms with Crippen LogP contribution in [0, 0.1) is 0 Å². The lowest BCUT2D eigenvalue weighted by molar-refractivity contribution is -0.145. The van der Waals surface area contributed by atoms with Crippen molar-refractivity contribution < 1.29 is 14.7 Å². The maximum atomic E-state index is 11.9. The SMILES string of the molecule is CC(C)N(CC(=O)O)C(=O)CCCc1nccs1. The summed E-state index contributed by atoms with van der Waals surface area (Å²) in [6, 6.07) is -0.0894. The van der Waals surface area contributed by atoms with Crippen molar-refractivity contribution in [2.45, 2.75) is 39.2 Å². The van der Waals surface area contributed by atoms with Crippen molar-refractivity contribution in [3.63, 3.8) is 0 Å². The van der Waals surface area contributed by atoms with E-state index in [9.17, 15) is 9.59 Å². The molecule has 0 unspecified atom stereocenters. The number of hydrogen-bond acceptors (Lipinski definition) is 4. The minimum absolute atomic E-state index is 0.0894. The molecule has 0 saturated heterocycles. The molecule has 1 heterocycles. The first-order valence-electron chi connectivity index (χ1n) is 5.90. The summed E-state index contributed by atoms with van der Waals surface area (Å²) in [5.74, 6) is -1.08. The molecule has 0 aliphatic rings. The number of carboxylic acid groups (broad SMARTS) is 1. The van der Waals surface area contributed by atoms with Gasteiger partial charge >= 0.3 is 5.97 Å². The fourth-order valence-corrected chi connectivity index (χ4v) is 2.28. The van der Waals surface area contributed by atoms with Gasteiger partial charge in [-0.25, -0.2) is 4.98 Å². The molecule has 1 N–H and O–H groups in total. The van der Waals surface area contributed by atoms with Crippen LogP contribution in [0.4, 0.5) is 0 Å². The van der Waals surface area contributed by atoms with Crippen molar-refractivity contribution in [1.82, 2.24) is 9.88 Å². The Balaban J connectivity index is 2.39. The molecule has 1 amide bonds. The quantitative estimate of drug-likeness (QED) is 0.820. The fraction of sp³-hybridized carbons (Fsp3) is 0.583. The third-order valence-electron chi connectivity index (χ3n) is 2.51. The smallest absolute Gasteiger partial charge is 0.323 e. The van der Waals surface area contributed by atoms with Crippen molar-refractivity contribution in [2.24, 2.45) is 0 Å². The minimum Gasteiger partial charge on any atom is -0.480 e. The Hall–Kier alpha value is -1.43. The van der Waals surface area contributed by atoms with E-state index in [4.69, 9.17) is 5.11 Å². The van der Waals surface area contributed by atoms with Crippen LogP contribution >= 0.6 is 11.3 Å². The monoisotopic (exact) mass is 270 g/mol. The third kappa shape index (κ3) is 4.83. The molecule has 0 aliphatic carbocycles. The summed E-state index contributed by atoms with van der Waals surface area (Å²) in [7, 11) is 0. The van der Waals surface area contributed by atoms with E-state index in [1.165, 1.54) is 4.90 Å². The highest BCUT2D eigenvalue weighted by atomic mass is 32.1. The number of nitrogens with zero attached hydrogens (tertiary/aromatic N) is 2. The highest BCUT2D eigenvalue weighted by Crippen LogP contribution is 2.10. The Kier molecular flexibility index (Phi) is 5.77. The van der Waals surface area contributed by atoms with Gasteiger partial charge in [0.2, 0.25) is 5.91 Å². The molecule has 18 heavy (non-hydrogen) atoms. The summed E-state index contributed by atoms with van der Waals surface area (Å²) in [6.45, 7) is 3.41. The zero-order chi connectivity index (χ0) is 13.5. The standard InChI is InChI=1S/C12H18N2O3S/c1-9(2)14(8-12(16)17)11(15)5-3-4-10-13-6-7-18-10/h6-7,9H,3-5,8H2,1-2H3,(H,16,17). The van der Waals surface area contributed by atoms with Crippen LogP contribution in [0.25, 0.3) is 0 Å². The van der Waals surface area contributed by atoms with Gasteiger partial charge in [0.25, 0.3) is 0 Å². The summed E-state index contributed by atoms with van der Waals surface area (Å²) in [6.07, 6.45) is 3.58. The zero-order valence-corrected chi connectivity index (χ0v) is 11.4. The first-order chi connectivity index (χ1) is 8.50. The second kappa shape index (κ2) is 7.10. The minimum atomic E-state index is -0.975. The van der Waals surface area contributed by atoms with Crippen LogP contribution in [-0.2, 0) is 16.0 Å². The van der Waals surface area contributed by atoms with Crippen LogP contribution in [0.5, 0.6) is 0 Å². The van der Waals surface area contributed by atoms with E-state index in [1.54, 1.807) is 17.5 Å². The number of thiazole rings is 1. The number of aromatic nitrogens is 1. The van der Waals surface area contributed by atoms with E-state index in [-0.39, 0.29) is 18.5 Å². The zero-order valence-electron chi connectivity index (χ0n) is 10.6. The number of carbonyl (C=O) groups excluding carboxylic acids is 1. The Bertz CT molecular complexity index is 390. The predicted octanol–water partition coefficient (Wildman–Crippen LogP) is 1.79. The molecular weight excluding hydrogens is 252 g/mol. The maximum Gasteiger partial charge on any atom is 0.323 e. The summed E-state index contributed by atoms with van der Waals surface area (Å²) in [5, 5.41) is 11.7. The van der Waals surface area contributed by atoms with Crippen molar-refractivity contribution in [1.29, 1.82) is 0 Å². The van der Waals surface area contributed by atoms with Crippen LogP contribution in [0.2, 0.25) is 0 Å². The van der Waals surface area contributed by atoms with Gasteiger partial charge in [0, 0.05) is 24.0 Å². The molecule has 0 bridgehead atoms. The molecule has 0 radical (unpaired) electrons. The average molecular weight is 270 g/mol. The fourth-order valence-electron chi connectivity index (χ4n) is 1.62. The Morgan fingerprint density at radius 2 is 2.22 bits per heavy atom. The van der Waals surface area contributed by atoms with Gasteiger partial charge < -0.3 is 10.0 Å². The summed E-state index contributed by atoms with van der Waals surface area (Å²) >= 11 is 1.57. The summed E-state index contributed by atoms with van der Waals surface area (Å²) in [5.41, 5.74) is 0. The second-order valence-electron chi connectivity index (χ2n) is 4.29. The molecule has 0 aromatic carbocycles. The first kappa shape index (κ1) is 14.6. The average Bonchev–Trinajstić information content (AvgIpc) is 2.78. The van der Waals surface area contributed by atoms with Crippen LogP contribution in [-0.4, -0.2) is 39.5 Å². The van der Waals surface area contributed by atoms with Gasteiger partial charge in [-0.15, -0.1) is 11.3 Å². The van der Waals surface area contributed by atoms with E-state index < -0.39 is 5.97 Å². The van der Waals surface area contributed by atoms with Crippen molar-refractivity contribution in [3.05, 3.63) is 16.6 Å².